The number of rotatable bonds is 8. The van der Waals surface area contributed by atoms with E-state index >= 15 is 0 Å². The maximum Gasteiger partial charge on any atom is 0.224 e. The smallest absolute Gasteiger partial charge is 0.224 e. The van der Waals surface area contributed by atoms with E-state index in [1.54, 1.807) is 0 Å². The highest BCUT2D eigenvalue weighted by atomic mass is 16.2. The fourth-order valence-corrected chi connectivity index (χ4v) is 4.82. The van der Waals surface area contributed by atoms with Gasteiger partial charge in [-0.1, -0.05) is 40.0 Å². The molecule has 1 aliphatic heterocycles. The van der Waals surface area contributed by atoms with Crippen LogP contribution in [0.1, 0.15) is 106 Å². The summed E-state index contributed by atoms with van der Waals surface area (Å²) in [6.45, 7) is 8.11. The largest absolute Gasteiger partial charge is 0.334 e. The lowest BCUT2D eigenvalue weighted by Gasteiger charge is -2.30. The number of carbonyl (C=O) groups excluding carboxylic acids is 2. The minimum atomic E-state index is -0.0870. The van der Waals surface area contributed by atoms with E-state index in [0.29, 0.717) is 19.3 Å². The Morgan fingerprint density at radius 2 is 2.07 bits per heavy atom. The van der Waals surface area contributed by atoms with Crippen LogP contribution in [0.2, 0.25) is 0 Å². The second kappa shape index (κ2) is 9.15. The molecule has 1 saturated heterocycles. The van der Waals surface area contributed by atoms with Crippen molar-refractivity contribution in [2.45, 2.75) is 97.6 Å². The van der Waals surface area contributed by atoms with Crippen LogP contribution in [0.3, 0.4) is 0 Å². The monoisotopic (exact) mass is 397 g/mol. The van der Waals surface area contributed by atoms with Crippen LogP contribution in [-0.2, 0) is 17.8 Å². The van der Waals surface area contributed by atoms with Gasteiger partial charge in [-0.25, -0.2) is 0 Å². The fraction of sp³-hybridized carbons (Fsp3) is 0.708. The van der Waals surface area contributed by atoms with E-state index in [2.05, 4.69) is 31.4 Å². The number of hydrogen-bond acceptors (Lipinski definition) is 3. The third-order valence-electron chi connectivity index (χ3n) is 6.24. The Hall–Kier alpha value is -2.09. The maximum absolute atomic E-state index is 13.1. The number of likely N-dealkylation sites (tertiary alicyclic amines) is 1. The molecule has 0 unspecified atom stereocenters. The molecule has 1 aliphatic carbocycles. The summed E-state index contributed by atoms with van der Waals surface area (Å²) in [4.78, 5) is 27.7. The van der Waals surface area contributed by atoms with Crippen LogP contribution >= 0.6 is 0 Å². The molecule has 158 valence electrons. The van der Waals surface area contributed by atoms with Crippen molar-refractivity contribution < 1.29 is 9.59 Å². The summed E-state index contributed by atoms with van der Waals surface area (Å²) < 4.78 is 2.08. The van der Waals surface area contributed by atoms with E-state index < -0.39 is 0 Å². The minimum absolute atomic E-state index is 0.0411. The number of Topliss-reactive ketones (excluding diaryl/α,β-unsaturated/α-hetero) is 1. The summed E-state index contributed by atoms with van der Waals surface area (Å²) in [6, 6.07) is -0.0870. The first-order valence-electron chi connectivity index (χ1n) is 11.2. The molecule has 0 bridgehead atoms. The summed E-state index contributed by atoms with van der Waals surface area (Å²) in [5.74, 6) is 2.83. The van der Waals surface area contributed by atoms with Gasteiger partial charge in [0.15, 0.2) is 5.78 Å². The first kappa shape index (κ1) is 21.6. The Balaban J connectivity index is 1.92. The minimum Gasteiger partial charge on any atom is -0.334 e. The normalized spacial score (nSPS) is 20.6. The van der Waals surface area contributed by atoms with Crippen LogP contribution in [0.4, 0.5) is 0 Å². The maximum atomic E-state index is 13.1. The van der Waals surface area contributed by atoms with Gasteiger partial charge in [0, 0.05) is 32.4 Å². The van der Waals surface area contributed by atoms with Gasteiger partial charge < -0.3 is 4.90 Å². The van der Waals surface area contributed by atoms with Gasteiger partial charge in [-0.2, -0.15) is 5.10 Å². The number of ketones is 1. The van der Waals surface area contributed by atoms with Crippen LogP contribution in [0, 0.1) is 17.8 Å². The van der Waals surface area contributed by atoms with Crippen molar-refractivity contribution in [3.63, 3.8) is 0 Å². The van der Waals surface area contributed by atoms with Gasteiger partial charge in [0.05, 0.1) is 23.0 Å². The number of nitrogens with zero attached hydrogens (tertiary/aromatic N) is 3. The van der Waals surface area contributed by atoms with E-state index in [9.17, 15) is 9.59 Å². The number of unbranched alkanes of at least 4 members (excludes halogenated alkanes) is 3. The molecule has 2 heterocycles. The lowest BCUT2D eigenvalue weighted by molar-refractivity contribution is -0.132. The molecule has 1 aromatic heterocycles. The van der Waals surface area contributed by atoms with Gasteiger partial charge in [0.2, 0.25) is 5.91 Å². The predicted molar refractivity (Wildman–Crippen MR) is 115 cm³/mol. The highest BCUT2D eigenvalue weighted by molar-refractivity contribution is 6.00. The van der Waals surface area contributed by atoms with E-state index in [1.165, 1.54) is 19.3 Å². The summed E-state index contributed by atoms with van der Waals surface area (Å²) in [7, 11) is 0. The summed E-state index contributed by atoms with van der Waals surface area (Å²) in [6.07, 6.45) is 14.1. The van der Waals surface area contributed by atoms with Crippen LogP contribution in [-0.4, -0.2) is 32.9 Å². The molecule has 0 radical (unpaired) electrons. The highest BCUT2D eigenvalue weighted by Crippen LogP contribution is 2.41. The summed E-state index contributed by atoms with van der Waals surface area (Å²) in [5, 5.41) is 4.96. The van der Waals surface area contributed by atoms with Crippen LogP contribution < -0.4 is 0 Å². The van der Waals surface area contributed by atoms with E-state index in [-0.39, 0.29) is 23.1 Å². The average Bonchev–Trinajstić information content (AvgIpc) is 3.27. The molecule has 0 spiro atoms. The fourth-order valence-electron chi connectivity index (χ4n) is 4.82. The zero-order valence-corrected chi connectivity index (χ0v) is 18.3. The Morgan fingerprint density at radius 3 is 2.79 bits per heavy atom. The number of aromatic nitrogens is 2. The van der Waals surface area contributed by atoms with Gasteiger partial charge in [0.1, 0.15) is 0 Å². The molecular formula is C24H35N3O2. The van der Waals surface area contributed by atoms with Crippen LogP contribution in [0.15, 0.2) is 0 Å². The van der Waals surface area contributed by atoms with Crippen molar-refractivity contribution in [2.75, 3.05) is 6.54 Å². The first-order valence-corrected chi connectivity index (χ1v) is 11.2. The molecule has 29 heavy (non-hydrogen) atoms. The molecule has 5 nitrogen and oxygen atoms in total. The third-order valence-corrected chi connectivity index (χ3v) is 6.24. The summed E-state index contributed by atoms with van der Waals surface area (Å²) >= 11 is 0. The molecule has 1 fully saturated rings. The zero-order chi connectivity index (χ0) is 21.0. The van der Waals surface area contributed by atoms with Crippen molar-refractivity contribution in [1.82, 2.24) is 14.7 Å². The molecule has 5 heteroatoms. The Morgan fingerprint density at radius 1 is 1.28 bits per heavy atom. The Kier molecular flexibility index (Phi) is 6.82. The predicted octanol–water partition coefficient (Wildman–Crippen LogP) is 4.70. The standard InChI is InChI=1S/C24H35N3O2/c1-5-7-9-10-15-27-19-16-24(3,4)17-20(28)22(19)23(25-27)18-12-11-14-26(18)21(29)13-8-6-2/h2,18H,5,7-17H2,1,3-4H3/t18-/m1/s1. The highest BCUT2D eigenvalue weighted by Gasteiger charge is 2.41. The molecular weight excluding hydrogens is 362 g/mol. The van der Waals surface area contributed by atoms with Crippen molar-refractivity contribution in [3.8, 4) is 12.3 Å². The Bertz CT molecular complexity index is 800. The lowest BCUT2D eigenvalue weighted by Crippen LogP contribution is -2.32. The number of terminal acetylenes is 1. The third kappa shape index (κ3) is 4.74. The lowest BCUT2D eigenvalue weighted by atomic mass is 9.75. The van der Waals surface area contributed by atoms with Gasteiger partial charge in [-0.05, 0) is 31.1 Å². The molecule has 2 aliphatic rings. The first-order chi connectivity index (χ1) is 13.9. The van der Waals surface area contributed by atoms with Crippen molar-refractivity contribution >= 4 is 11.7 Å². The molecule has 3 rings (SSSR count). The van der Waals surface area contributed by atoms with Crippen molar-refractivity contribution in [2.24, 2.45) is 5.41 Å². The zero-order valence-electron chi connectivity index (χ0n) is 18.3. The average molecular weight is 398 g/mol. The SMILES string of the molecule is C#CCCC(=O)N1CCC[C@@H]1c1nn(CCCCCC)c2c1C(=O)CC(C)(C)C2. The molecule has 0 aromatic carbocycles. The summed E-state index contributed by atoms with van der Waals surface area (Å²) in [5.41, 5.74) is 2.69. The van der Waals surface area contributed by atoms with E-state index in [1.807, 2.05) is 4.90 Å². The van der Waals surface area contributed by atoms with Crippen molar-refractivity contribution in [3.05, 3.63) is 17.0 Å². The van der Waals surface area contributed by atoms with Crippen LogP contribution in [0.25, 0.3) is 0 Å². The number of amides is 1. The quantitative estimate of drug-likeness (QED) is 0.472. The van der Waals surface area contributed by atoms with Crippen LogP contribution in [0.5, 0.6) is 0 Å². The van der Waals surface area contributed by atoms with E-state index in [4.69, 9.17) is 11.5 Å². The van der Waals surface area contributed by atoms with Gasteiger partial charge in [-0.3, -0.25) is 14.3 Å². The molecule has 1 atom stereocenters. The molecule has 1 amide bonds. The van der Waals surface area contributed by atoms with Gasteiger partial charge in [-0.15, -0.1) is 12.3 Å². The molecule has 0 saturated carbocycles. The Labute approximate surface area is 175 Å². The van der Waals surface area contributed by atoms with Gasteiger partial charge >= 0.3 is 0 Å². The van der Waals surface area contributed by atoms with Gasteiger partial charge in [0.25, 0.3) is 0 Å². The second-order valence-corrected chi connectivity index (χ2v) is 9.38. The van der Waals surface area contributed by atoms with Crippen molar-refractivity contribution in [1.29, 1.82) is 0 Å². The number of hydrogen-bond donors (Lipinski definition) is 0. The second-order valence-electron chi connectivity index (χ2n) is 9.38. The number of carbonyl (C=O) groups is 2. The topological polar surface area (TPSA) is 55.2 Å². The number of fused-ring (bicyclic) bond motifs is 1. The number of aryl methyl sites for hydroxylation is 1. The molecule has 0 N–H and O–H groups in total. The van der Waals surface area contributed by atoms with E-state index in [0.717, 1.165) is 55.7 Å². The molecule has 1 aromatic rings.